The van der Waals surface area contributed by atoms with Crippen molar-refractivity contribution in [1.29, 1.82) is 0 Å². The molecule has 0 saturated heterocycles. The Kier molecular flexibility index (Phi) is 3.03. The molecule has 1 atom stereocenters. The van der Waals surface area contributed by atoms with E-state index in [1.807, 2.05) is 18.2 Å². The number of fused-ring (bicyclic) bond motifs is 2. The number of ether oxygens (including phenoxy) is 2. The number of aromatic nitrogens is 1. The van der Waals surface area contributed by atoms with E-state index in [1.165, 1.54) is 0 Å². The molecule has 0 bridgehead atoms. The molecule has 1 heterocycles. The maximum atomic E-state index is 10.1. The standard InChI is InChI=1S/C15H17NO3/c1-18-9-6-7-12-11(8-9)15(19-2)10-4-3-5-13(17)14(10)16-12/h6-8,13,17H,3-5H2,1-2H3. The molecule has 3 rings (SSSR count). The van der Waals surface area contributed by atoms with Crippen molar-refractivity contribution in [1.82, 2.24) is 4.98 Å². The second-order valence-electron chi connectivity index (χ2n) is 4.80. The zero-order valence-electron chi connectivity index (χ0n) is 11.1. The number of benzene rings is 1. The second kappa shape index (κ2) is 4.70. The lowest BCUT2D eigenvalue weighted by Gasteiger charge is -2.23. The Balaban J connectivity index is 2.31. The van der Waals surface area contributed by atoms with Gasteiger partial charge in [-0.05, 0) is 37.5 Å². The Morgan fingerprint density at radius 2 is 2.11 bits per heavy atom. The predicted molar refractivity (Wildman–Crippen MR) is 72.7 cm³/mol. The van der Waals surface area contributed by atoms with E-state index in [4.69, 9.17) is 9.47 Å². The predicted octanol–water partition coefficient (Wildman–Crippen LogP) is 2.62. The van der Waals surface area contributed by atoms with Gasteiger partial charge in [0.1, 0.15) is 11.5 Å². The lowest BCUT2D eigenvalue weighted by Crippen LogP contribution is -2.13. The molecule has 1 aromatic heterocycles. The SMILES string of the molecule is COc1ccc2nc3c(c(OC)c2c1)CCCC3O. The van der Waals surface area contributed by atoms with Crippen molar-refractivity contribution in [2.75, 3.05) is 14.2 Å². The Morgan fingerprint density at radius 3 is 2.84 bits per heavy atom. The summed E-state index contributed by atoms with van der Waals surface area (Å²) in [6.07, 6.45) is 2.14. The number of hydrogen-bond acceptors (Lipinski definition) is 4. The molecule has 1 N–H and O–H groups in total. The summed E-state index contributed by atoms with van der Waals surface area (Å²) in [5.41, 5.74) is 2.63. The Morgan fingerprint density at radius 1 is 1.26 bits per heavy atom. The number of aliphatic hydroxyl groups excluding tert-OH is 1. The van der Waals surface area contributed by atoms with Gasteiger partial charge in [-0.3, -0.25) is 0 Å². The number of rotatable bonds is 2. The lowest BCUT2D eigenvalue weighted by atomic mass is 9.91. The minimum absolute atomic E-state index is 0.482. The molecule has 0 fully saturated rings. The molecule has 4 nitrogen and oxygen atoms in total. The topological polar surface area (TPSA) is 51.6 Å². The van der Waals surface area contributed by atoms with Crippen LogP contribution < -0.4 is 9.47 Å². The third kappa shape index (κ3) is 1.92. The summed E-state index contributed by atoms with van der Waals surface area (Å²) in [5, 5.41) is 11.0. The molecule has 1 aromatic carbocycles. The fourth-order valence-corrected chi connectivity index (χ4v) is 2.76. The fourth-order valence-electron chi connectivity index (χ4n) is 2.76. The Labute approximate surface area is 112 Å². The normalized spacial score (nSPS) is 18.2. The first kappa shape index (κ1) is 12.2. The van der Waals surface area contributed by atoms with Crippen LogP contribution in [0.3, 0.4) is 0 Å². The van der Waals surface area contributed by atoms with Crippen LogP contribution >= 0.6 is 0 Å². The molecule has 0 amide bonds. The number of nitrogens with zero attached hydrogens (tertiary/aromatic N) is 1. The largest absolute Gasteiger partial charge is 0.497 e. The smallest absolute Gasteiger partial charge is 0.133 e. The molecule has 0 saturated carbocycles. The minimum atomic E-state index is -0.482. The van der Waals surface area contributed by atoms with E-state index >= 15 is 0 Å². The number of methoxy groups -OCH3 is 2. The number of hydrogen-bond donors (Lipinski definition) is 1. The molecule has 0 aliphatic heterocycles. The van der Waals surface area contributed by atoms with E-state index in [-0.39, 0.29) is 0 Å². The first-order chi connectivity index (χ1) is 9.24. The highest BCUT2D eigenvalue weighted by molar-refractivity contribution is 5.88. The second-order valence-corrected chi connectivity index (χ2v) is 4.80. The third-order valence-electron chi connectivity index (χ3n) is 3.70. The Bertz CT molecular complexity index is 624. The van der Waals surface area contributed by atoms with Crippen molar-refractivity contribution < 1.29 is 14.6 Å². The molecule has 100 valence electrons. The van der Waals surface area contributed by atoms with Crippen LogP contribution in [-0.2, 0) is 6.42 Å². The van der Waals surface area contributed by atoms with Gasteiger partial charge in [0.15, 0.2) is 0 Å². The van der Waals surface area contributed by atoms with Crippen molar-refractivity contribution in [3.63, 3.8) is 0 Å². The van der Waals surface area contributed by atoms with Crippen molar-refractivity contribution >= 4 is 10.9 Å². The molecular weight excluding hydrogens is 242 g/mol. The van der Waals surface area contributed by atoms with E-state index in [0.717, 1.165) is 52.9 Å². The average Bonchev–Trinajstić information content (AvgIpc) is 2.45. The minimum Gasteiger partial charge on any atom is -0.497 e. The summed E-state index contributed by atoms with van der Waals surface area (Å²) in [6, 6.07) is 5.71. The monoisotopic (exact) mass is 259 g/mol. The molecule has 1 aliphatic rings. The van der Waals surface area contributed by atoms with E-state index < -0.39 is 6.10 Å². The molecule has 19 heavy (non-hydrogen) atoms. The summed E-state index contributed by atoms with van der Waals surface area (Å²) in [5.74, 6) is 1.60. The van der Waals surface area contributed by atoms with Gasteiger partial charge >= 0.3 is 0 Å². The highest BCUT2D eigenvalue weighted by Gasteiger charge is 2.24. The van der Waals surface area contributed by atoms with E-state index in [1.54, 1.807) is 14.2 Å². The number of aliphatic hydroxyl groups is 1. The highest BCUT2D eigenvalue weighted by atomic mass is 16.5. The van der Waals surface area contributed by atoms with Crippen LogP contribution in [0.1, 0.15) is 30.2 Å². The zero-order valence-corrected chi connectivity index (χ0v) is 11.1. The number of pyridine rings is 1. The van der Waals surface area contributed by atoms with Gasteiger partial charge in [-0.1, -0.05) is 0 Å². The Hall–Kier alpha value is -1.81. The molecular formula is C15H17NO3. The van der Waals surface area contributed by atoms with Gasteiger partial charge < -0.3 is 14.6 Å². The molecule has 1 aliphatic carbocycles. The zero-order chi connectivity index (χ0) is 13.4. The van der Waals surface area contributed by atoms with Gasteiger partial charge in [-0.15, -0.1) is 0 Å². The molecule has 4 heteroatoms. The van der Waals surface area contributed by atoms with Crippen LogP contribution in [-0.4, -0.2) is 24.3 Å². The van der Waals surface area contributed by atoms with Crippen LogP contribution in [0.25, 0.3) is 10.9 Å². The van der Waals surface area contributed by atoms with Crippen molar-refractivity contribution in [2.45, 2.75) is 25.4 Å². The van der Waals surface area contributed by atoms with Gasteiger partial charge in [0.05, 0.1) is 31.5 Å². The van der Waals surface area contributed by atoms with E-state index in [0.29, 0.717) is 0 Å². The highest BCUT2D eigenvalue weighted by Crippen LogP contribution is 2.39. The van der Waals surface area contributed by atoms with Crippen molar-refractivity contribution in [2.24, 2.45) is 0 Å². The van der Waals surface area contributed by atoms with Gasteiger partial charge in [-0.25, -0.2) is 4.98 Å². The first-order valence-electron chi connectivity index (χ1n) is 6.47. The fraction of sp³-hybridized carbons (Fsp3) is 0.400. The quantitative estimate of drug-likeness (QED) is 0.900. The molecule has 2 aromatic rings. The summed E-state index contributed by atoms with van der Waals surface area (Å²) >= 11 is 0. The lowest BCUT2D eigenvalue weighted by molar-refractivity contribution is 0.151. The van der Waals surface area contributed by atoms with Crippen LogP contribution in [0.15, 0.2) is 18.2 Å². The van der Waals surface area contributed by atoms with Gasteiger partial charge in [-0.2, -0.15) is 0 Å². The maximum absolute atomic E-state index is 10.1. The first-order valence-corrected chi connectivity index (χ1v) is 6.47. The summed E-state index contributed by atoms with van der Waals surface area (Å²) < 4.78 is 10.8. The third-order valence-corrected chi connectivity index (χ3v) is 3.70. The molecule has 1 unspecified atom stereocenters. The summed E-state index contributed by atoms with van der Waals surface area (Å²) in [7, 11) is 3.30. The van der Waals surface area contributed by atoms with E-state index in [2.05, 4.69) is 4.98 Å². The van der Waals surface area contributed by atoms with Crippen LogP contribution in [0.4, 0.5) is 0 Å². The van der Waals surface area contributed by atoms with Gasteiger partial charge in [0.25, 0.3) is 0 Å². The molecule has 0 spiro atoms. The average molecular weight is 259 g/mol. The summed E-state index contributed by atoms with van der Waals surface area (Å²) in [4.78, 5) is 4.60. The van der Waals surface area contributed by atoms with Gasteiger partial charge in [0, 0.05) is 10.9 Å². The summed E-state index contributed by atoms with van der Waals surface area (Å²) in [6.45, 7) is 0. The van der Waals surface area contributed by atoms with Crippen molar-refractivity contribution in [3.8, 4) is 11.5 Å². The molecule has 0 radical (unpaired) electrons. The van der Waals surface area contributed by atoms with E-state index in [9.17, 15) is 5.11 Å². The van der Waals surface area contributed by atoms with Crippen LogP contribution in [0.5, 0.6) is 11.5 Å². The van der Waals surface area contributed by atoms with Crippen molar-refractivity contribution in [3.05, 3.63) is 29.5 Å². The van der Waals surface area contributed by atoms with Crippen LogP contribution in [0.2, 0.25) is 0 Å². The van der Waals surface area contributed by atoms with Gasteiger partial charge in [0.2, 0.25) is 0 Å². The van der Waals surface area contributed by atoms with Crippen LogP contribution in [0, 0.1) is 0 Å². The maximum Gasteiger partial charge on any atom is 0.133 e.